The minimum absolute atomic E-state index is 0.394. The van der Waals surface area contributed by atoms with Crippen molar-refractivity contribution in [2.75, 3.05) is 6.54 Å². The van der Waals surface area contributed by atoms with Crippen LogP contribution in [0, 0.1) is 5.92 Å². The Morgan fingerprint density at radius 1 is 1.60 bits per heavy atom. The van der Waals surface area contributed by atoms with Gasteiger partial charge in [0.1, 0.15) is 0 Å². The van der Waals surface area contributed by atoms with E-state index in [0.29, 0.717) is 6.54 Å². The molecule has 1 aliphatic heterocycles. The van der Waals surface area contributed by atoms with Crippen LogP contribution in [0.2, 0.25) is 0 Å². The molecule has 1 aliphatic rings. The first-order valence-electron chi connectivity index (χ1n) is 3.10. The van der Waals surface area contributed by atoms with Crippen LogP contribution in [0.25, 0.3) is 0 Å². The molecule has 0 amide bonds. The van der Waals surface area contributed by atoms with Gasteiger partial charge in [0.15, 0.2) is 0 Å². The lowest BCUT2D eigenvalue weighted by Gasteiger charge is -2.03. The number of carbonyl (C=O) groups is 1. The van der Waals surface area contributed by atoms with E-state index < -0.39 is 11.9 Å². The van der Waals surface area contributed by atoms with Crippen LogP contribution in [-0.2, 0) is 4.79 Å². The third-order valence-electron chi connectivity index (χ3n) is 1.32. The van der Waals surface area contributed by atoms with Crippen LogP contribution in [0.15, 0.2) is 24.4 Å². The van der Waals surface area contributed by atoms with Crippen LogP contribution in [0.4, 0.5) is 0 Å². The van der Waals surface area contributed by atoms with Gasteiger partial charge >= 0.3 is 5.97 Å². The molecule has 10 heavy (non-hydrogen) atoms. The van der Waals surface area contributed by atoms with Gasteiger partial charge in [-0.1, -0.05) is 12.2 Å². The molecule has 0 radical (unpaired) electrons. The number of allylic oxidation sites excluding steroid dienone is 2. The van der Waals surface area contributed by atoms with Crippen molar-refractivity contribution in [3.63, 3.8) is 0 Å². The van der Waals surface area contributed by atoms with E-state index in [1.165, 1.54) is 0 Å². The average molecular weight is 139 g/mol. The Labute approximate surface area is 59.0 Å². The van der Waals surface area contributed by atoms with Gasteiger partial charge in [0, 0.05) is 6.54 Å². The van der Waals surface area contributed by atoms with E-state index in [-0.39, 0.29) is 0 Å². The van der Waals surface area contributed by atoms with Crippen LogP contribution in [-0.4, -0.2) is 17.6 Å². The number of hydrogen-bond acceptors (Lipinski definition) is 2. The van der Waals surface area contributed by atoms with Gasteiger partial charge in [0.25, 0.3) is 0 Å². The summed E-state index contributed by atoms with van der Waals surface area (Å²) < 4.78 is 0. The third-order valence-corrected chi connectivity index (χ3v) is 1.32. The first kappa shape index (κ1) is 6.86. The predicted octanol–water partition coefficient (Wildman–Crippen LogP) is 0.360. The SMILES string of the molecule is O=C(O)C1C=CC=CNC1. The Hall–Kier alpha value is -1.25. The maximum absolute atomic E-state index is 10.4. The number of carboxylic acids is 1. The zero-order chi connectivity index (χ0) is 7.40. The van der Waals surface area contributed by atoms with Crippen LogP contribution < -0.4 is 5.32 Å². The molecule has 1 rings (SSSR count). The molecule has 2 N–H and O–H groups in total. The summed E-state index contributed by atoms with van der Waals surface area (Å²) in [5.41, 5.74) is 0. The molecule has 0 saturated heterocycles. The van der Waals surface area contributed by atoms with Crippen LogP contribution >= 0.6 is 0 Å². The molecule has 0 spiro atoms. The van der Waals surface area contributed by atoms with E-state index in [1.807, 2.05) is 0 Å². The molecule has 0 saturated carbocycles. The average Bonchev–Trinajstić information content (AvgIpc) is 2.12. The summed E-state index contributed by atoms with van der Waals surface area (Å²) in [5.74, 6) is -1.18. The Morgan fingerprint density at radius 3 is 3.10 bits per heavy atom. The first-order valence-corrected chi connectivity index (χ1v) is 3.10. The standard InChI is InChI=1S/C7H9NO2/c9-7(10)6-3-1-2-4-8-5-6/h1-4,6,8H,5H2,(H,9,10). The Bertz CT molecular complexity index is 184. The van der Waals surface area contributed by atoms with Crippen molar-refractivity contribution in [3.05, 3.63) is 24.4 Å². The second kappa shape index (κ2) is 3.06. The Morgan fingerprint density at radius 2 is 2.40 bits per heavy atom. The van der Waals surface area contributed by atoms with Gasteiger partial charge in [-0.3, -0.25) is 4.79 Å². The normalized spacial score (nSPS) is 23.4. The van der Waals surface area contributed by atoms with Crippen LogP contribution in [0.3, 0.4) is 0 Å². The van der Waals surface area contributed by atoms with Crippen molar-refractivity contribution in [1.82, 2.24) is 5.32 Å². The molecule has 0 fully saturated rings. The fourth-order valence-electron chi connectivity index (χ4n) is 0.755. The van der Waals surface area contributed by atoms with Crippen molar-refractivity contribution in [3.8, 4) is 0 Å². The number of nitrogens with one attached hydrogen (secondary N) is 1. The fourth-order valence-corrected chi connectivity index (χ4v) is 0.755. The van der Waals surface area contributed by atoms with E-state index in [4.69, 9.17) is 5.11 Å². The summed E-state index contributed by atoms with van der Waals surface area (Å²) in [7, 11) is 0. The quantitative estimate of drug-likeness (QED) is 0.551. The van der Waals surface area contributed by atoms with E-state index in [2.05, 4.69) is 5.32 Å². The van der Waals surface area contributed by atoms with Gasteiger partial charge in [-0.05, 0) is 12.3 Å². The summed E-state index contributed by atoms with van der Waals surface area (Å²) in [6.07, 6.45) is 6.92. The van der Waals surface area contributed by atoms with Gasteiger partial charge in [-0.25, -0.2) is 0 Å². The molecule has 54 valence electrons. The number of aliphatic carboxylic acids is 1. The monoisotopic (exact) mass is 139 g/mol. The molecule has 1 heterocycles. The molecule has 0 aromatic heterocycles. The highest BCUT2D eigenvalue weighted by molar-refractivity contribution is 5.72. The van der Waals surface area contributed by atoms with E-state index in [9.17, 15) is 4.79 Å². The summed E-state index contributed by atoms with van der Waals surface area (Å²) in [6.45, 7) is 0.475. The molecule has 0 bridgehead atoms. The van der Waals surface area contributed by atoms with Crippen molar-refractivity contribution in [1.29, 1.82) is 0 Å². The van der Waals surface area contributed by atoms with Crippen LogP contribution in [0.5, 0.6) is 0 Å². The highest BCUT2D eigenvalue weighted by atomic mass is 16.4. The molecule has 3 nitrogen and oxygen atoms in total. The van der Waals surface area contributed by atoms with Gasteiger partial charge in [0.05, 0.1) is 5.92 Å². The van der Waals surface area contributed by atoms with E-state index in [1.54, 1.807) is 24.4 Å². The largest absolute Gasteiger partial charge is 0.481 e. The molecule has 0 aromatic carbocycles. The fraction of sp³-hybridized carbons (Fsp3) is 0.286. The summed E-state index contributed by atoms with van der Waals surface area (Å²) >= 11 is 0. The number of hydrogen-bond donors (Lipinski definition) is 2. The molecule has 3 heteroatoms. The Balaban J connectivity index is 2.56. The highest BCUT2D eigenvalue weighted by Crippen LogP contribution is 2.00. The van der Waals surface area contributed by atoms with Gasteiger partial charge in [0.2, 0.25) is 0 Å². The number of carboxylic acid groups (broad SMARTS) is 1. The zero-order valence-electron chi connectivity index (χ0n) is 5.45. The van der Waals surface area contributed by atoms with E-state index in [0.717, 1.165) is 0 Å². The molecular weight excluding hydrogens is 130 g/mol. The van der Waals surface area contributed by atoms with Crippen molar-refractivity contribution < 1.29 is 9.90 Å². The minimum atomic E-state index is -0.785. The van der Waals surface area contributed by atoms with Crippen LogP contribution in [0.1, 0.15) is 0 Å². The lowest BCUT2D eigenvalue weighted by Crippen LogP contribution is -2.22. The molecule has 1 unspecified atom stereocenters. The minimum Gasteiger partial charge on any atom is -0.481 e. The highest BCUT2D eigenvalue weighted by Gasteiger charge is 2.12. The van der Waals surface area contributed by atoms with Gasteiger partial charge in [-0.2, -0.15) is 0 Å². The molecule has 0 aromatic rings. The maximum atomic E-state index is 10.4. The van der Waals surface area contributed by atoms with Crippen molar-refractivity contribution in [2.45, 2.75) is 0 Å². The molecular formula is C7H9NO2. The Kier molecular flexibility index (Phi) is 2.10. The lowest BCUT2D eigenvalue weighted by molar-refractivity contribution is -0.139. The van der Waals surface area contributed by atoms with Crippen molar-refractivity contribution >= 4 is 5.97 Å². The van der Waals surface area contributed by atoms with E-state index >= 15 is 0 Å². The third kappa shape index (κ3) is 1.62. The molecule has 1 atom stereocenters. The lowest BCUT2D eigenvalue weighted by atomic mass is 10.1. The second-order valence-corrected chi connectivity index (χ2v) is 2.10. The topological polar surface area (TPSA) is 49.3 Å². The zero-order valence-corrected chi connectivity index (χ0v) is 5.45. The smallest absolute Gasteiger partial charge is 0.312 e. The summed E-state index contributed by atoms with van der Waals surface area (Å²) in [6, 6.07) is 0. The van der Waals surface area contributed by atoms with Gasteiger partial charge in [-0.15, -0.1) is 0 Å². The summed E-state index contributed by atoms with van der Waals surface area (Å²) in [4.78, 5) is 10.4. The number of rotatable bonds is 1. The van der Waals surface area contributed by atoms with Gasteiger partial charge < -0.3 is 10.4 Å². The first-order chi connectivity index (χ1) is 4.80. The maximum Gasteiger partial charge on any atom is 0.312 e. The predicted molar refractivity (Wildman–Crippen MR) is 37.4 cm³/mol. The summed E-state index contributed by atoms with van der Waals surface area (Å²) in [5, 5.41) is 11.4. The van der Waals surface area contributed by atoms with Crippen molar-refractivity contribution in [2.24, 2.45) is 5.92 Å². The second-order valence-electron chi connectivity index (χ2n) is 2.10. The molecule has 0 aliphatic carbocycles.